The molecular weight excluding hydrogens is 398 g/mol. The maximum atomic E-state index is 13.2. The van der Waals surface area contributed by atoms with Crippen molar-refractivity contribution in [1.29, 1.82) is 0 Å². The fourth-order valence-electron chi connectivity index (χ4n) is 3.67. The second-order valence-corrected chi connectivity index (χ2v) is 8.24. The van der Waals surface area contributed by atoms with Gasteiger partial charge in [0.1, 0.15) is 0 Å². The van der Waals surface area contributed by atoms with Crippen LogP contribution >= 0.6 is 11.8 Å². The van der Waals surface area contributed by atoms with Crippen molar-refractivity contribution in [3.05, 3.63) is 76.7 Å². The Balaban J connectivity index is 1.43. The average molecular weight is 420 g/mol. The van der Waals surface area contributed by atoms with E-state index >= 15 is 0 Å². The van der Waals surface area contributed by atoms with Crippen LogP contribution < -0.4 is 5.56 Å². The summed E-state index contributed by atoms with van der Waals surface area (Å²) in [5, 5.41) is 5.50. The minimum atomic E-state index is -0.0243. The number of para-hydroxylation sites is 1. The lowest BCUT2D eigenvalue weighted by Gasteiger charge is -2.16. The lowest BCUT2D eigenvalue weighted by atomic mass is 10.2. The zero-order valence-electron chi connectivity index (χ0n) is 16.4. The molecule has 2 aromatic heterocycles. The van der Waals surface area contributed by atoms with Gasteiger partial charge in [-0.05, 0) is 25.0 Å². The summed E-state index contributed by atoms with van der Waals surface area (Å²) in [5.74, 6) is 1.29. The van der Waals surface area contributed by atoms with Gasteiger partial charge in [0.25, 0.3) is 5.56 Å². The second kappa shape index (κ2) is 8.45. The molecule has 0 amide bonds. The van der Waals surface area contributed by atoms with Gasteiger partial charge in [0.2, 0.25) is 0 Å². The first kappa shape index (κ1) is 19.1. The van der Waals surface area contributed by atoms with Crippen molar-refractivity contribution in [2.24, 2.45) is 0 Å². The number of ether oxygens (including phenoxy) is 1. The molecule has 6 nitrogen and oxygen atoms in total. The molecule has 30 heavy (non-hydrogen) atoms. The van der Waals surface area contributed by atoms with Crippen molar-refractivity contribution in [3.8, 4) is 11.3 Å². The predicted molar refractivity (Wildman–Crippen MR) is 116 cm³/mol. The minimum absolute atomic E-state index is 0.0243. The number of rotatable bonds is 6. The van der Waals surface area contributed by atoms with Crippen molar-refractivity contribution in [3.63, 3.8) is 0 Å². The first-order chi connectivity index (χ1) is 14.8. The molecule has 7 heteroatoms. The van der Waals surface area contributed by atoms with Gasteiger partial charge in [-0.25, -0.2) is 4.98 Å². The van der Waals surface area contributed by atoms with Crippen LogP contribution in [0.5, 0.6) is 0 Å². The van der Waals surface area contributed by atoms with Gasteiger partial charge in [0, 0.05) is 24.0 Å². The van der Waals surface area contributed by atoms with Crippen LogP contribution in [0.4, 0.5) is 0 Å². The molecule has 0 saturated carbocycles. The smallest absolute Gasteiger partial charge is 0.262 e. The van der Waals surface area contributed by atoms with Crippen LogP contribution in [-0.4, -0.2) is 27.4 Å². The zero-order valence-corrected chi connectivity index (χ0v) is 17.2. The summed E-state index contributed by atoms with van der Waals surface area (Å²) < 4.78 is 13.0. The van der Waals surface area contributed by atoms with Gasteiger partial charge >= 0.3 is 0 Å². The van der Waals surface area contributed by atoms with E-state index in [1.54, 1.807) is 4.57 Å². The number of benzene rings is 2. The quantitative estimate of drug-likeness (QED) is 0.338. The average Bonchev–Trinajstić information content (AvgIpc) is 3.47. The maximum absolute atomic E-state index is 13.2. The highest BCUT2D eigenvalue weighted by molar-refractivity contribution is 7.98. The highest BCUT2D eigenvalue weighted by atomic mass is 32.2. The Bertz CT molecular complexity index is 1210. The first-order valence-corrected chi connectivity index (χ1v) is 11.0. The summed E-state index contributed by atoms with van der Waals surface area (Å²) in [6.45, 7) is 1.27. The van der Waals surface area contributed by atoms with Gasteiger partial charge in [-0.15, -0.1) is 0 Å². The van der Waals surface area contributed by atoms with Gasteiger partial charge in [-0.1, -0.05) is 59.4 Å². The van der Waals surface area contributed by atoms with Crippen LogP contribution in [-0.2, 0) is 17.0 Å². The Labute approximate surface area is 177 Å². The largest absolute Gasteiger partial charge is 0.376 e. The van der Waals surface area contributed by atoms with Crippen molar-refractivity contribution in [2.75, 3.05) is 6.61 Å². The Morgan fingerprint density at radius 2 is 1.93 bits per heavy atom. The van der Waals surface area contributed by atoms with E-state index in [2.05, 4.69) is 5.16 Å². The summed E-state index contributed by atoms with van der Waals surface area (Å²) >= 11 is 1.49. The second-order valence-electron chi connectivity index (χ2n) is 7.30. The molecule has 5 rings (SSSR count). The topological polar surface area (TPSA) is 70.2 Å². The lowest BCUT2D eigenvalue weighted by molar-refractivity contribution is 0.0937. The van der Waals surface area contributed by atoms with Crippen LogP contribution in [0.15, 0.2) is 75.1 Å². The Hall–Kier alpha value is -2.90. The summed E-state index contributed by atoms with van der Waals surface area (Å²) in [4.78, 5) is 17.9. The fourth-order valence-corrected chi connectivity index (χ4v) is 4.56. The number of aromatic nitrogens is 3. The molecule has 0 aliphatic carbocycles. The number of nitrogens with zero attached hydrogens (tertiary/aromatic N) is 3. The van der Waals surface area contributed by atoms with Gasteiger partial charge in [-0.3, -0.25) is 9.36 Å². The van der Waals surface area contributed by atoms with Crippen molar-refractivity contribution in [1.82, 2.24) is 14.7 Å². The lowest BCUT2D eigenvalue weighted by Crippen LogP contribution is -2.28. The van der Waals surface area contributed by atoms with E-state index in [0.29, 0.717) is 28.4 Å². The molecule has 0 spiro atoms. The molecule has 3 heterocycles. The van der Waals surface area contributed by atoms with Gasteiger partial charge in [0.15, 0.2) is 10.9 Å². The van der Waals surface area contributed by atoms with Crippen LogP contribution in [0, 0.1) is 0 Å². The Kier molecular flexibility index (Phi) is 5.38. The summed E-state index contributed by atoms with van der Waals surface area (Å²) in [6.07, 6.45) is 2.05. The monoisotopic (exact) mass is 419 g/mol. The highest BCUT2D eigenvalue weighted by Gasteiger charge is 2.20. The third kappa shape index (κ3) is 3.91. The molecule has 0 unspecified atom stereocenters. The van der Waals surface area contributed by atoms with E-state index in [4.69, 9.17) is 14.2 Å². The highest BCUT2D eigenvalue weighted by Crippen LogP contribution is 2.26. The molecule has 1 aliphatic rings. The molecule has 0 bridgehead atoms. The third-order valence-corrected chi connectivity index (χ3v) is 6.21. The molecule has 1 atom stereocenters. The van der Waals surface area contributed by atoms with Gasteiger partial charge < -0.3 is 9.26 Å². The van der Waals surface area contributed by atoms with E-state index in [0.717, 1.165) is 36.5 Å². The molecule has 4 aromatic rings. The normalized spacial score (nSPS) is 16.3. The zero-order chi connectivity index (χ0) is 20.3. The van der Waals surface area contributed by atoms with E-state index in [1.165, 1.54) is 11.8 Å². The molecular formula is C23H21N3O3S. The van der Waals surface area contributed by atoms with Crippen LogP contribution in [0.1, 0.15) is 18.5 Å². The predicted octanol–water partition coefficient (Wildman–Crippen LogP) is 4.52. The molecule has 2 aromatic carbocycles. The molecule has 1 fully saturated rings. The Morgan fingerprint density at radius 3 is 2.77 bits per heavy atom. The van der Waals surface area contributed by atoms with Crippen molar-refractivity contribution < 1.29 is 9.26 Å². The standard InChI is InChI=1S/C23H21N3O3S/c27-22-19-10-4-5-11-20(19)24-23(26(22)14-18-9-6-12-28-18)30-15-17-13-21(29-25-17)16-7-2-1-3-8-16/h1-5,7-8,10-11,13,18H,6,9,12,14-15H2/t18-/m0/s1. The van der Waals surface area contributed by atoms with E-state index in [-0.39, 0.29) is 11.7 Å². The SMILES string of the molecule is O=c1c2ccccc2nc(SCc2cc(-c3ccccc3)on2)n1C[C@@H]1CCCO1. The van der Waals surface area contributed by atoms with Crippen molar-refractivity contribution >= 4 is 22.7 Å². The first-order valence-electron chi connectivity index (χ1n) is 10.0. The summed E-state index contributed by atoms with van der Waals surface area (Å²) in [5.41, 5.74) is 2.48. The summed E-state index contributed by atoms with van der Waals surface area (Å²) in [6, 6.07) is 19.3. The van der Waals surface area contributed by atoms with Crippen molar-refractivity contribution in [2.45, 2.75) is 36.4 Å². The number of fused-ring (bicyclic) bond motifs is 1. The molecule has 1 saturated heterocycles. The number of hydrogen-bond acceptors (Lipinski definition) is 6. The van der Waals surface area contributed by atoms with Crippen LogP contribution in [0.3, 0.4) is 0 Å². The summed E-state index contributed by atoms with van der Waals surface area (Å²) in [7, 11) is 0. The molecule has 0 N–H and O–H groups in total. The molecule has 152 valence electrons. The van der Waals surface area contributed by atoms with Gasteiger partial charge in [0.05, 0.1) is 29.2 Å². The third-order valence-electron chi connectivity index (χ3n) is 5.20. The fraction of sp³-hybridized carbons (Fsp3) is 0.261. The molecule has 1 aliphatic heterocycles. The van der Waals surface area contributed by atoms with Crippen LogP contribution in [0.2, 0.25) is 0 Å². The van der Waals surface area contributed by atoms with E-state index in [9.17, 15) is 4.79 Å². The van der Waals surface area contributed by atoms with E-state index in [1.807, 2.05) is 60.7 Å². The number of thioether (sulfide) groups is 1. The van der Waals surface area contributed by atoms with Crippen LogP contribution in [0.25, 0.3) is 22.2 Å². The number of hydrogen-bond donors (Lipinski definition) is 0. The van der Waals surface area contributed by atoms with Gasteiger partial charge in [-0.2, -0.15) is 0 Å². The van der Waals surface area contributed by atoms with E-state index < -0.39 is 0 Å². The minimum Gasteiger partial charge on any atom is -0.376 e. The maximum Gasteiger partial charge on any atom is 0.262 e. The Morgan fingerprint density at radius 1 is 1.10 bits per heavy atom. The molecule has 0 radical (unpaired) electrons.